The van der Waals surface area contributed by atoms with Crippen molar-refractivity contribution in [1.29, 1.82) is 0 Å². The SMILES string of the molecule is O=C(C=Cc1c(F)cccc1F)N1CCN(C(=O)c2cccc(F)c2)CC1. The van der Waals surface area contributed by atoms with Gasteiger partial charge in [-0.15, -0.1) is 0 Å². The molecule has 7 heteroatoms. The highest BCUT2D eigenvalue weighted by Crippen LogP contribution is 2.15. The van der Waals surface area contributed by atoms with Crippen LogP contribution in [0.3, 0.4) is 0 Å². The van der Waals surface area contributed by atoms with E-state index in [0.717, 1.165) is 24.3 Å². The molecule has 0 bridgehead atoms. The first-order valence-corrected chi connectivity index (χ1v) is 8.41. The van der Waals surface area contributed by atoms with Crippen molar-refractivity contribution in [2.24, 2.45) is 0 Å². The Hall–Kier alpha value is -3.09. The second kappa shape index (κ2) is 8.07. The first kappa shape index (κ1) is 18.7. The third-order valence-corrected chi connectivity index (χ3v) is 4.34. The largest absolute Gasteiger partial charge is 0.336 e. The van der Waals surface area contributed by atoms with Crippen molar-refractivity contribution >= 4 is 17.9 Å². The van der Waals surface area contributed by atoms with E-state index in [4.69, 9.17) is 0 Å². The predicted molar refractivity (Wildman–Crippen MR) is 94.3 cm³/mol. The van der Waals surface area contributed by atoms with Crippen molar-refractivity contribution in [1.82, 2.24) is 9.80 Å². The van der Waals surface area contributed by atoms with Crippen LogP contribution in [0.2, 0.25) is 0 Å². The second-order valence-electron chi connectivity index (χ2n) is 6.10. The molecule has 0 unspecified atom stereocenters. The quantitative estimate of drug-likeness (QED) is 0.775. The molecule has 140 valence electrons. The first-order chi connectivity index (χ1) is 13.0. The Kier molecular flexibility index (Phi) is 5.59. The number of halogens is 3. The average Bonchev–Trinajstić information content (AvgIpc) is 2.67. The fourth-order valence-electron chi connectivity index (χ4n) is 2.86. The van der Waals surface area contributed by atoms with Crippen LogP contribution >= 0.6 is 0 Å². The Morgan fingerprint density at radius 2 is 1.44 bits per heavy atom. The van der Waals surface area contributed by atoms with Crippen LogP contribution in [-0.2, 0) is 4.79 Å². The van der Waals surface area contributed by atoms with Gasteiger partial charge in [-0.3, -0.25) is 9.59 Å². The highest BCUT2D eigenvalue weighted by molar-refractivity contribution is 5.95. The molecule has 0 N–H and O–H groups in total. The Balaban J connectivity index is 1.59. The lowest BCUT2D eigenvalue weighted by Crippen LogP contribution is -2.50. The normalized spacial score (nSPS) is 14.6. The van der Waals surface area contributed by atoms with Crippen LogP contribution in [0.25, 0.3) is 6.08 Å². The van der Waals surface area contributed by atoms with Crippen LogP contribution in [-0.4, -0.2) is 47.8 Å². The maximum atomic E-state index is 13.6. The topological polar surface area (TPSA) is 40.6 Å². The summed E-state index contributed by atoms with van der Waals surface area (Å²) in [5, 5.41) is 0. The Labute approximate surface area is 154 Å². The molecule has 1 heterocycles. The summed E-state index contributed by atoms with van der Waals surface area (Å²) in [7, 11) is 0. The molecule has 1 saturated heterocycles. The van der Waals surface area contributed by atoms with Gasteiger partial charge in [-0.05, 0) is 36.4 Å². The zero-order valence-corrected chi connectivity index (χ0v) is 14.4. The summed E-state index contributed by atoms with van der Waals surface area (Å²) >= 11 is 0. The maximum Gasteiger partial charge on any atom is 0.254 e. The molecule has 2 aromatic carbocycles. The van der Waals surface area contributed by atoms with E-state index in [1.54, 1.807) is 4.90 Å². The highest BCUT2D eigenvalue weighted by atomic mass is 19.1. The molecule has 0 aromatic heterocycles. The van der Waals surface area contributed by atoms with E-state index in [0.29, 0.717) is 13.1 Å². The summed E-state index contributed by atoms with van der Waals surface area (Å²) in [6, 6.07) is 8.92. The van der Waals surface area contributed by atoms with E-state index >= 15 is 0 Å². The van der Waals surface area contributed by atoms with Gasteiger partial charge in [0.1, 0.15) is 17.5 Å². The number of amides is 2. The molecule has 2 amide bonds. The molecule has 0 spiro atoms. The Bertz CT molecular complexity index is 870. The first-order valence-electron chi connectivity index (χ1n) is 8.41. The smallest absolute Gasteiger partial charge is 0.254 e. The number of piperazine rings is 1. The van der Waals surface area contributed by atoms with Crippen molar-refractivity contribution in [3.8, 4) is 0 Å². The van der Waals surface area contributed by atoms with Gasteiger partial charge in [0.05, 0.1) is 0 Å². The van der Waals surface area contributed by atoms with Gasteiger partial charge in [0.2, 0.25) is 5.91 Å². The van der Waals surface area contributed by atoms with Gasteiger partial charge in [-0.2, -0.15) is 0 Å². The number of nitrogens with zero attached hydrogens (tertiary/aromatic N) is 2. The summed E-state index contributed by atoms with van der Waals surface area (Å²) < 4.78 is 40.4. The number of carbonyl (C=O) groups is 2. The van der Waals surface area contributed by atoms with Crippen molar-refractivity contribution in [2.75, 3.05) is 26.2 Å². The second-order valence-corrected chi connectivity index (χ2v) is 6.10. The number of carbonyl (C=O) groups excluding carboxylic acids is 2. The van der Waals surface area contributed by atoms with Crippen LogP contribution < -0.4 is 0 Å². The average molecular weight is 374 g/mol. The third kappa shape index (κ3) is 4.36. The minimum atomic E-state index is -0.746. The predicted octanol–water partition coefficient (Wildman–Crippen LogP) is 3.10. The summed E-state index contributed by atoms with van der Waals surface area (Å²) in [5.41, 5.74) is -0.0181. The monoisotopic (exact) mass is 374 g/mol. The van der Waals surface area contributed by atoms with Gasteiger partial charge < -0.3 is 9.80 Å². The summed E-state index contributed by atoms with van der Waals surface area (Å²) in [4.78, 5) is 27.6. The standard InChI is InChI=1S/C20H17F3N2O2/c21-15-4-1-3-14(13-15)20(27)25-11-9-24(10-12-25)19(26)8-7-16-17(22)5-2-6-18(16)23/h1-8,13H,9-12H2. The van der Waals surface area contributed by atoms with Crippen LogP contribution in [0.5, 0.6) is 0 Å². The third-order valence-electron chi connectivity index (χ3n) is 4.34. The fraction of sp³-hybridized carbons (Fsp3) is 0.200. The highest BCUT2D eigenvalue weighted by Gasteiger charge is 2.24. The fourth-order valence-corrected chi connectivity index (χ4v) is 2.86. The van der Waals surface area contributed by atoms with E-state index in [1.165, 1.54) is 35.2 Å². The zero-order chi connectivity index (χ0) is 19.4. The molecule has 1 fully saturated rings. The minimum absolute atomic E-state index is 0.254. The Morgan fingerprint density at radius 3 is 2.07 bits per heavy atom. The molecule has 1 aliphatic rings. The lowest BCUT2D eigenvalue weighted by atomic mass is 10.1. The van der Waals surface area contributed by atoms with E-state index in [2.05, 4.69) is 0 Å². The summed E-state index contributed by atoms with van der Waals surface area (Å²) in [6.07, 6.45) is 2.23. The molecule has 0 atom stereocenters. The molecule has 0 aliphatic carbocycles. The van der Waals surface area contributed by atoms with Gasteiger partial charge >= 0.3 is 0 Å². The van der Waals surface area contributed by atoms with Crippen molar-refractivity contribution in [3.05, 3.63) is 77.1 Å². The van der Waals surface area contributed by atoms with E-state index in [9.17, 15) is 22.8 Å². The van der Waals surface area contributed by atoms with Gasteiger partial charge in [-0.25, -0.2) is 13.2 Å². The molecular weight excluding hydrogens is 357 g/mol. The minimum Gasteiger partial charge on any atom is -0.336 e. The van der Waals surface area contributed by atoms with E-state index in [1.807, 2.05) is 0 Å². The molecule has 0 saturated carbocycles. The van der Waals surface area contributed by atoms with Crippen LogP contribution in [0, 0.1) is 17.5 Å². The van der Waals surface area contributed by atoms with Gasteiger partial charge in [0.25, 0.3) is 5.91 Å². The zero-order valence-electron chi connectivity index (χ0n) is 14.4. The molecule has 2 aromatic rings. The Morgan fingerprint density at radius 1 is 0.852 bits per heavy atom. The van der Waals surface area contributed by atoms with Gasteiger partial charge in [0.15, 0.2) is 0 Å². The van der Waals surface area contributed by atoms with Crippen LogP contribution in [0.4, 0.5) is 13.2 Å². The lowest BCUT2D eigenvalue weighted by molar-refractivity contribution is -0.127. The van der Waals surface area contributed by atoms with E-state index < -0.39 is 23.4 Å². The molecular formula is C20H17F3N2O2. The lowest BCUT2D eigenvalue weighted by Gasteiger charge is -2.34. The van der Waals surface area contributed by atoms with Crippen molar-refractivity contribution < 1.29 is 22.8 Å². The van der Waals surface area contributed by atoms with Gasteiger partial charge in [0, 0.05) is 43.4 Å². The van der Waals surface area contributed by atoms with E-state index in [-0.39, 0.29) is 30.1 Å². The molecule has 1 aliphatic heterocycles. The molecule has 27 heavy (non-hydrogen) atoms. The van der Waals surface area contributed by atoms with Gasteiger partial charge in [-0.1, -0.05) is 12.1 Å². The number of rotatable bonds is 3. The number of hydrogen-bond acceptors (Lipinski definition) is 2. The van der Waals surface area contributed by atoms with Crippen LogP contribution in [0.1, 0.15) is 15.9 Å². The summed E-state index contributed by atoms with van der Waals surface area (Å²) in [6.45, 7) is 1.15. The summed E-state index contributed by atoms with van der Waals surface area (Å²) in [5.74, 6) is -2.67. The van der Waals surface area contributed by atoms with Crippen molar-refractivity contribution in [2.45, 2.75) is 0 Å². The maximum absolute atomic E-state index is 13.6. The van der Waals surface area contributed by atoms with Crippen molar-refractivity contribution in [3.63, 3.8) is 0 Å². The number of hydrogen-bond donors (Lipinski definition) is 0. The molecule has 3 rings (SSSR count). The molecule has 4 nitrogen and oxygen atoms in total. The molecule has 0 radical (unpaired) electrons. The van der Waals surface area contributed by atoms with Crippen LogP contribution in [0.15, 0.2) is 48.5 Å². The number of benzene rings is 2.